The first-order valence-corrected chi connectivity index (χ1v) is 7.67. The standard InChI is InChI=1S/C16H23F3N2O2/c1-11(2)6-4-7-12(3)20-14(22)10-21-9-5-8-13(15(21)23)16(17,18)19/h5,8-9,11-12H,4,6-7,10H2,1-3H3,(H,20,22)/t12-/m0/s1. The van der Waals surface area contributed by atoms with Crippen LogP contribution in [0.1, 0.15) is 45.6 Å². The molecule has 0 fully saturated rings. The van der Waals surface area contributed by atoms with Crippen LogP contribution < -0.4 is 10.9 Å². The highest BCUT2D eigenvalue weighted by Crippen LogP contribution is 2.25. The predicted octanol–water partition coefficient (Wildman–Crippen LogP) is 3.20. The molecule has 0 saturated carbocycles. The van der Waals surface area contributed by atoms with E-state index in [1.54, 1.807) is 0 Å². The number of amides is 1. The van der Waals surface area contributed by atoms with Gasteiger partial charge in [-0.25, -0.2) is 0 Å². The molecule has 1 N–H and O–H groups in total. The van der Waals surface area contributed by atoms with E-state index in [2.05, 4.69) is 19.2 Å². The number of hydrogen-bond donors (Lipinski definition) is 1. The molecule has 1 amide bonds. The second-order valence-electron chi connectivity index (χ2n) is 6.15. The van der Waals surface area contributed by atoms with E-state index in [0.717, 1.165) is 29.9 Å². The molecule has 1 aromatic heterocycles. The summed E-state index contributed by atoms with van der Waals surface area (Å²) < 4.78 is 38.8. The van der Waals surface area contributed by atoms with Crippen molar-refractivity contribution in [1.82, 2.24) is 9.88 Å². The van der Waals surface area contributed by atoms with Crippen molar-refractivity contribution in [3.63, 3.8) is 0 Å². The van der Waals surface area contributed by atoms with Crippen LogP contribution in [-0.4, -0.2) is 16.5 Å². The van der Waals surface area contributed by atoms with Gasteiger partial charge in [0, 0.05) is 12.2 Å². The monoisotopic (exact) mass is 332 g/mol. The summed E-state index contributed by atoms with van der Waals surface area (Å²) in [5.41, 5.74) is -2.47. The summed E-state index contributed by atoms with van der Waals surface area (Å²) in [5.74, 6) is 0.116. The maximum Gasteiger partial charge on any atom is 0.421 e. The lowest BCUT2D eigenvalue weighted by Gasteiger charge is -2.15. The third-order valence-corrected chi connectivity index (χ3v) is 3.47. The van der Waals surface area contributed by atoms with Crippen LogP contribution in [0.25, 0.3) is 0 Å². The number of halogens is 3. The second-order valence-corrected chi connectivity index (χ2v) is 6.15. The zero-order chi connectivity index (χ0) is 17.6. The van der Waals surface area contributed by atoms with Crippen molar-refractivity contribution in [2.45, 2.75) is 58.8 Å². The summed E-state index contributed by atoms with van der Waals surface area (Å²) in [6.45, 7) is 5.65. The largest absolute Gasteiger partial charge is 0.421 e. The molecule has 0 radical (unpaired) electrons. The minimum absolute atomic E-state index is 0.0808. The fraction of sp³-hybridized carbons (Fsp3) is 0.625. The van der Waals surface area contributed by atoms with Crippen LogP contribution in [0.15, 0.2) is 23.1 Å². The minimum Gasteiger partial charge on any atom is -0.352 e. The molecule has 0 bridgehead atoms. The summed E-state index contributed by atoms with van der Waals surface area (Å²) in [7, 11) is 0. The number of carbonyl (C=O) groups is 1. The molecule has 23 heavy (non-hydrogen) atoms. The maximum absolute atomic E-state index is 12.7. The smallest absolute Gasteiger partial charge is 0.352 e. The number of carbonyl (C=O) groups excluding carboxylic acids is 1. The quantitative estimate of drug-likeness (QED) is 0.834. The first-order valence-electron chi connectivity index (χ1n) is 7.67. The number of alkyl halides is 3. The third kappa shape index (κ3) is 6.46. The summed E-state index contributed by atoms with van der Waals surface area (Å²) in [6.07, 6.45) is -0.737. The first kappa shape index (κ1) is 19.3. The van der Waals surface area contributed by atoms with Gasteiger partial charge in [-0.2, -0.15) is 13.2 Å². The Morgan fingerprint density at radius 1 is 1.26 bits per heavy atom. The van der Waals surface area contributed by atoms with Gasteiger partial charge in [0.25, 0.3) is 5.56 Å². The summed E-state index contributed by atoms with van der Waals surface area (Å²) in [4.78, 5) is 23.6. The van der Waals surface area contributed by atoms with Crippen molar-refractivity contribution < 1.29 is 18.0 Å². The van der Waals surface area contributed by atoms with E-state index in [1.165, 1.54) is 6.20 Å². The van der Waals surface area contributed by atoms with E-state index in [0.29, 0.717) is 12.0 Å². The minimum atomic E-state index is -4.72. The molecule has 0 aliphatic heterocycles. The highest BCUT2D eigenvalue weighted by atomic mass is 19.4. The molecule has 0 spiro atoms. The topological polar surface area (TPSA) is 51.1 Å². The molecular weight excluding hydrogens is 309 g/mol. The van der Waals surface area contributed by atoms with Crippen LogP contribution in [0.3, 0.4) is 0 Å². The predicted molar refractivity (Wildman–Crippen MR) is 82.0 cm³/mol. The van der Waals surface area contributed by atoms with Gasteiger partial charge in [-0.3, -0.25) is 9.59 Å². The van der Waals surface area contributed by atoms with Gasteiger partial charge >= 0.3 is 6.18 Å². The average Bonchev–Trinajstić information content (AvgIpc) is 2.39. The summed E-state index contributed by atoms with van der Waals surface area (Å²) >= 11 is 0. The molecule has 0 saturated heterocycles. The van der Waals surface area contributed by atoms with Crippen molar-refractivity contribution >= 4 is 5.91 Å². The summed E-state index contributed by atoms with van der Waals surface area (Å²) in [6, 6.07) is 1.75. The molecule has 4 nitrogen and oxygen atoms in total. The number of hydrogen-bond acceptors (Lipinski definition) is 2. The first-order chi connectivity index (χ1) is 10.6. The Kier molecular flexibility index (Phi) is 6.84. The molecule has 0 aromatic carbocycles. The molecule has 1 atom stereocenters. The van der Waals surface area contributed by atoms with Gasteiger partial charge in [0.15, 0.2) is 0 Å². The lowest BCUT2D eigenvalue weighted by molar-refractivity contribution is -0.139. The number of nitrogens with zero attached hydrogens (tertiary/aromatic N) is 1. The lowest BCUT2D eigenvalue weighted by atomic mass is 10.0. The fourth-order valence-electron chi connectivity index (χ4n) is 2.26. The molecule has 7 heteroatoms. The fourth-order valence-corrected chi connectivity index (χ4v) is 2.26. The van der Waals surface area contributed by atoms with Gasteiger partial charge < -0.3 is 9.88 Å². The zero-order valence-corrected chi connectivity index (χ0v) is 13.6. The van der Waals surface area contributed by atoms with E-state index >= 15 is 0 Å². The van der Waals surface area contributed by atoms with E-state index in [-0.39, 0.29) is 6.04 Å². The van der Waals surface area contributed by atoms with Crippen LogP contribution in [0, 0.1) is 5.92 Å². The molecule has 1 heterocycles. The zero-order valence-electron chi connectivity index (χ0n) is 13.6. The molecule has 0 unspecified atom stereocenters. The van der Waals surface area contributed by atoms with Crippen molar-refractivity contribution in [1.29, 1.82) is 0 Å². The Balaban J connectivity index is 2.63. The van der Waals surface area contributed by atoms with Crippen molar-refractivity contribution in [2.24, 2.45) is 5.92 Å². The van der Waals surface area contributed by atoms with Crippen molar-refractivity contribution in [2.75, 3.05) is 0 Å². The maximum atomic E-state index is 12.7. The van der Waals surface area contributed by atoms with E-state index in [9.17, 15) is 22.8 Å². The highest BCUT2D eigenvalue weighted by Gasteiger charge is 2.34. The van der Waals surface area contributed by atoms with Gasteiger partial charge in [-0.05, 0) is 31.4 Å². The Hall–Kier alpha value is -1.79. The molecule has 0 aliphatic carbocycles. The SMILES string of the molecule is CC(C)CCC[C@H](C)NC(=O)Cn1cccc(C(F)(F)F)c1=O. The van der Waals surface area contributed by atoms with Crippen LogP contribution in [0.4, 0.5) is 13.2 Å². The Bertz CT molecular complexity index is 579. The normalized spacial score (nSPS) is 13.2. The van der Waals surface area contributed by atoms with Crippen molar-refractivity contribution in [3.8, 4) is 0 Å². The van der Waals surface area contributed by atoms with Gasteiger partial charge in [0.1, 0.15) is 12.1 Å². The van der Waals surface area contributed by atoms with Crippen LogP contribution in [0.5, 0.6) is 0 Å². The van der Waals surface area contributed by atoms with E-state index < -0.39 is 29.8 Å². The van der Waals surface area contributed by atoms with Crippen LogP contribution in [0.2, 0.25) is 0 Å². The molecular formula is C16H23F3N2O2. The molecule has 1 aromatic rings. The molecule has 0 aliphatic rings. The van der Waals surface area contributed by atoms with Gasteiger partial charge in [-0.15, -0.1) is 0 Å². The lowest BCUT2D eigenvalue weighted by Crippen LogP contribution is -2.38. The van der Waals surface area contributed by atoms with Gasteiger partial charge in [-0.1, -0.05) is 26.7 Å². The Morgan fingerprint density at radius 3 is 2.48 bits per heavy atom. The van der Waals surface area contributed by atoms with E-state index in [4.69, 9.17) is 0 Å². The highest BCUT2D eigenvalue weighted by molar-refractivity contribution is 5.76. The second kappa shape index (κ2) is 8.17. The number of rotatable bonds is 7. The number of pyridine rings is 1. The van der Waals surface area contributed by atoms with Crippen molar-refractivity contribution in [3.05, 3.63) is 34.2 Å². The summed E-state index contributed by atoms with van der Waals surface area (Å²) in [5, 5.41) is 2.71. The van der Waals surface area contributed by atoms with E-state index in [1.807, 2.05) is 6.92 Å². The van der Waals surface area contributed by atoms with Gasteiger partial charge in [0.2, 0.25) is 5.91 Å². The number of nitrogens with one attached hydrogen (secondary N) is 1. The third-order valence-electron chi connectivity index (χ3n) is 3.47. The Labute approximate surface area is 133 Å². The average molecular weight is 332 g/mol. The van der Waals surface area contributed by atoms with Crippen LogP contribution in [-0.2, 0) is 17.5 Å². The molecule has 1 rings (SSSR count). The molecule has 130 valence electrons. The van der Waals surface area contributed by atoms with Crippen LogP contribution >= 0.6 is 0 Å². The Morgan fingerprint density at radius 2 is 1.91 bits per heavy atom. The van der Waals surface area contributed by atoms with Gasteiger partial charge in [0.05, 0.1) is 0 Å². The number of aromatic nitrogens is 1.